The van der Waals surface area contributed by atoms with Gasteiger partial charge in [-0.2, -0.15) is 0 Å². The molecule has 2 nitrogen and oxygen atoms in total. The molecule has 0 amide bonds. The summed E-state index contributed by atoms with van der Waals surface area (Å²) in [5, 5.41) is 9.32. The molecule has 0 bridgehead atoms. The number of likely N-dealkylation sites (N-methyl/N-ethyl adjacent to an activating group) is 1. The Bertz CT molecular complexity index is 94.9. The van der Waals surface area contributed by atoms with Gasteiger partial charge in [-0.1, -0.05) is 6.92 Å². The molecule has 0 aromatic rings. The lowest BCUT2D eigenvalue weighted by atomic mass is 10.0. The van der Waals surface area contributed by atoms with Crippen LogP contribution in [0.15, 0.2) is 0 Å². The fourth-order valence-electron chi connectivity index (χ4n) is 1.47. The Balaban J connectivity index is 2.38. The van der Waals surface area contributed by atoms with E-state index < -0.39 is 0 Å². The number of hydrogen-bond donors (Lipinski definition) is 1. The van der Waals surface area contributed by atoms with Gasteiger partial charge in [-0.05, 0) is 19.4 Å². The molecule has 0 aromatic carbocycles. The first-order valence-electron chi connectivity index (χ1n) is 3.60. The van der Waals surface area contributed by atoms with E-state index in [4.69, 9.17) is 0 Å². The van der Waals surface area contributed by atoms with Crippen LogP contribution in [0.4, 0.5) is 0 Å². The van der Waals surface area contributed by atoms with Crippen molar-refractivity contribution in [2.75, 3.05) is 20.1 Å². The van der Waals surface area contributed by atoms with E-state index in [-0.39, 0.29) is 6.10 Å². The maximum Gasteiger partial charge on any atom is 0.0707 e. The van der Waals surface area contributed by atoms with E-state index in [1.165, 1.54) is 0 Å². The molecule has 2 heteroatoms. The molecule has 54 valence electrons. The number of β-amino-alcohol motifs (C(OH)–C–C–N with tert-alkyl or cyclic N) is 1. The van der Waals surface area contributed by atoms with Gasteiger partial charge in [0.1, 0.15) is 0 Å². The van der Waals surface area contributed by atoms with Crippen LogP contribution in [0.1, 0.15) is 13.3 Å². The van der Waals surface area contributed by atoms with Gasteiger partial charge in [-0.15, -0.1) is 0 Å². The van der Waals surface area contributed by atoms with E-state index in [1.54, 1.807) is 0 Å². The van der Waals surface area contributed by atoms with Gasteiger partial charge >= 0.3 is 0 Å². The zero-order chi connectivity index (χ0) is 6.85. The minimum Gasteiger partial charge on any atom is -0.391 e. The zero-order valence-electron chi connectivity index (χ0n) is 6.17. The molecule has 9 heavy (non-hydrogen) atoms. The zero-order valence-corrected chi connectivity index (χ0v) is 6.17. The lowest BCUT2D eigenvalue weighted by molar-refractivity contribution is 0.141. The SMILES string of the molecule is CCC1CN(C)CC1O. The molecule has 0 radical (unpaired) electrons. The maximum absolute atomic E-state index is 9.32. The number of likely N-dealkylation sites (tertiary alicyclic amines) is 1. The van der Waals surface area contributed by atoms with Crippen molar-refractivity contribution < 1.29 is 5.11 Å². The van der Waals surface area contributed by atoms with Crippen molar-refractivity contribution in [1.82, 2.24) is 4.90 Å². The second-order valence-corrected chi connectivity index (χ2v) is 2.96. The van der Waals surface area contributed by atoms with E-state index >= 15 is 0 Å². The fraction of sp³-hybridized carbons (Fsp3) is 1.00. The van der Waals surface area contributed by atoms with Gasteiger partial charge in [0.2, 0.25) is 0 Å². The molecule has 2 unspecified atom stereocenters. The summed E-state index contributed by atoms with van der Waals surface area (Å²) in [5.74, 6) is 0.523. The summed E-state index contributed by atoms with van der Waals surface area (Å²) in [4.78, 5) is 2.18. The molecule has 0 aromatic heterocycles. The van der Waals surface area contributed by atoms with E-state index in [0.29, 0.717) is 5.92 Å². The van der Waals surface area contributed by atoms with Crippen molar-refractivity contribution in [1.29, 1.82) is 0 Å². The van der Waals surface area contributed by atoms with Crippen LogP contribution in [0.2, 0.25) is 0 Å². The Kier molecular flexibility index (Phi) is 2.09. The van der Waals surface area contributed by atoms with Crippen molar-refractivity contribution in [3.8, 4) is 0 Å². The van der Waals surface area contributed by atoms with Crippen LogP contribution in [0.5, 0.6) is 0 Å². The van der Waals surface area contributed by atoms with Crippen LogP contribution in [0.25, 0.3) is 0 Å². The molecular formula is C7H15NO. The number of aliphatic hydroxyl groups excluding tert-OH is 1. The molecule has 1 heterocycles. The Labute approximate surface area is 56.5 Å². The van der Waals surface area contributed by atoms with Crippen molar-refractivity contribution in [3.05, 3.63) is 0 Å². The normalized spacial score (nSPS) is 37.7. The Hall–Kier alpha value is -0.0800. The van der Waals surface area contributed by atoms with Crippen LogP contribution in [0, 0.1) is 5.92 Å². The molecule has 1 aliphatic heterocycles. The van der Waals surface area contributed by atoms with Gasteiger partial charge in [0.25, 0.3) is 0 Å². The predicted octanol–water partition coefficient (Wildman–Crippen LogP) is 0.319. The Morgan fingerprint density at radius 1 is 1.56 bits per heavy atom. The molecule has 0 aliphatic carbocycles. The Morgan fingerprint density at radius 3 is 2.44 bits per heavy atom. The highest BCUT2D eigenvalue weighted by Crippen LogP contribution is 2.17. The highest BCUT2D eigenvalue weighted by molar-refractivity contribution is 4.80. The fourth-order valence-corrected chi connectivity index (χ4v) is 1.47. The van der Waals surface area contributed by atoms with Crippen LogP contribution in [-0.2, 0) is 0 Å². The summed E-state index contributed by atoms with van der Waals surface area (Å²) < 4.78 is 0. The van der Waals surface area contributed by atoms with E-state index in [0.717, 1.165) is 19.5 Å². The van der Waals surface area contributed by atoms with Gasteiger partial charge < -0.3 is 10.0 Å². The highest BCUT2D eigenvalue weighted by atomic mass is 16.3. The van der Waals surface area contributed by atoms with E-state index in [2.05, 4.69) is 18.9 Å². The third kappa shape index (κ3) is 1.43. The number of rotatable bonds is 1. The number of nitrogens with zero attached hydrogens (tertiary/aromatic N) is 1. The summed E-state index contributed by atoms with van der Waals surface area (Å²) in [6.45, 7) is 4.06. The molecule has 1 rings (SSSR count). The molecule has 2 atom stereocenters. The first-order valence-corrected chi connectivity index (χ1v) is 3.60. The van der Waals surface area contributed by atoms with Crippen LogP contribution in [0.3, 0.4) is 0 Å². The quantitative estimate of drug-likeness (QED) is 0.551. The average Bonchev–Trinajstić information content (AvgIpc) is 2.10. The van der Waals surface area contributed by atoms with Gasteiger partial charge in [0.15, 0.2) is 0 Å². The lowest BCUT2D eigenvalue weighted by Gasteiger charge is -2.08. The number of hydrogen-bond acceptors (Lipinski definition) is 2. The van der Waals surface area contributed by atoms with Gasteiger partial charge in [-0.25, -0.2) is 0 Å². The smallest absolute Gasteiger partial charge is 0.0707 e. The minimum absolute atomic E-state index is 0.0694. The van der Waals surface area contributed by atoms with Crippen LogP contribution >= 0.6 is 0 Å². The number of aliphatic hydroxyl groups is 1. The van der Waals surface area contributed by atoms with Gasteiger partial charge in [0, 0.05) is 13.1 Å². The average molecular weight is 129 g/mol. The van der Waals surface area contributed by atoms with E-state index in [9.17, 15) is 5.11 Å². The third-order valence-corrected chi connectivity index (χ3v) is 2.11. The minimum atomic E-state index is -0.0694. The predicted molar refractivity (Wildman–Crippen MR) is 37.3 cm³/mol. The highest BCUT2D eigenvalue weighted by Gasteiger charge is 2.26. The largest absolute Gasteiger partial charge is 0.391 e. The summed E-state index contributed by atoms with van der Waals surface area (Å²) in [6.07, 6.45) is 1.03. The summed E-state index contributed by atoms with van der Waals surface area (Å²) in [6, 6.07) is 0. The molecule has 0 spiro atoms. The first kappa shape index (κ1) is 7.03. The van der Waals surface area contributed by atoms with Gasteiger partial charge in [0.05, 0.1) is 6.10 Å². The third-order valence-electron chi connectivity index (χ3n) is 2.11. The molecular weight excluding hydrogens is 114 g/mol. The lowest BCUT2D eigenvalue weighted by Crippen LogP contribution is -2.17. The molecule has 0 saturated carbocycles. The van der Waals surface area contributed by atoms with Gasteiger partial charge in [-0.3, -0.25) is 0 Å². The molecule has 1 saturated heterocycles. The summed E-state index contributed by atoms with van der Waals surface area (Å²) in [7, 11) is 2.05. The standard InChI is InChI=1S/C7H15NO/c1-3-6-4-8(2)5-7(6)9/h6-7,9H,3-5H2,1-2H3. The van der Waals surface area contributed by atoms with Crippen LogP contribution in [-0.4, -0.2) is 36.2 Å². The van der Waals surface area contributed by atoms with Crippen molar-refractivity contribution in [2.45, 2.75) is 19.4 Å². The second kappa shape index (κ2) is 2.67. The monoisotopic (exact) mass is 129 g/mol. The van der Waals surface area contributed by atoms with E-state index in [1.807, 2.05) is 0 Å². The summed E-state index contributed by atoms with van der Waals surface area (Å²) >= 11 is 0. The Morgan fingerprint density at radius 2 is 2.22 bits per heavy atom. The molecule has 1 aliphatic rings. The second-order valence-electron chi connectivity index (χ2n) is 2.96. The molecule has 1 fully saturated rings. The molecule has 1 N–H and O–H groups in total. The van der Waals surface area contributed by atoms with Crippen LogP contribution < -0.4 is 0 Å². The van der Waals surface area contributed by atoms with Crippen molar-refractivity contribution >= 4 is 0 Å². The van der Waals surface area contributed by atoms with Crippen molar-refractivity contribution in [3.63, 3.8) is 0 Å². The topological polar surface area (TPSA) is 23.5 Å². The van der Waals surface area contributed by atoms with Crippen molar-refractivity contribution in [2.24, 2.45) is 5.92 Å². The first-order chi connectivity index (χ1) is 4.24. The maximum atomic E-state index is 9.32. The summed E-state index contributed by atoms with van der Waals surface area (Å²) in [5.41, 5.74) is 0.